The van der Waals surface area contributed by atoms with Crippen LogP contribution in [-0.2, 0) is 20.1 Å². The number of benzene rings is 1. The van der Waals surface area contributed by atoms with Crippen LogP contribution in [0.4, 0.5) is 0 Å². The van der Waals surface area contributed by atoms with Crippen molar-refractivity contribution in [3.8, 4) is 5.75 Å². The molecule has 0 bridgehead atoms. The molecule has 102 valence electrons. The Balaban J connectivity index is 2.14. The zero-order valence-corrected chi connectivity index (χ0v) is 14.4. The number of nitrogens with zero attached hydrogens (tertiary/aromatic N) is 2. The second-order valence-corrected chi connectivity index (χ2v) is 6.03. The SMILES string of the molecule is CCc1nn(C)c(COc2ccc(Br)c(C)c2)c1Br. The fourth-order valence-corrected chi connectivity index (χ4v) is 2.81. The van der Waals surface area contributed by atoms with E-state index in [1.807, 2.05) is 36.9 Å². The van der Waals surface area contributed by atoms with Crippen molar-refractivity contribution in [1.29, 1.82) is 0 Å². The topological polar surface area (TPSA) is 27.1 Å². The highest BCUT2D eigenvalue weighted by Gasteiger charge is 2.13. The molecule has 0 atom stereocenters. The number of rotatable bonds is 4. The standard InChI is InChI=1S/C14H16Br2N2O/c1-4-12-14(16)13(18(3)17-12)8-19-10-5-6-11(15)9(2)7-10/h5-7H,4,8H2,1-3H3. The normalized spacial score (nSPS) is 10.8. The van der Waals surface area contributed by atoms with Crippen LogP contribution in [0.25, 0.3) is 0 Å². The van der Waals surface area contributed by atoms with E-state index in [1.165, 1.54) is 0 Å². The molecule has 2 aromatic rings. The van der Waals surface area contributed by atoms with Gasteiger partial charge in [-0.15, -0.1) is 0 Å². The summed E-state index contributed by atoms with van der Waals surface area (Å²) >= 11 is 7.08. The zero-order valence-electron chi connectivity index (χ0n) is 11.2. The Hall–Kier alpha value is -0.810. The van der Waals surface area contributed by atoms with Crippen LogP contribution >= 0.6 is 31.9 Å². The molecular weight excluding hydrogens is 372 g/mol. The van der Waals surface area contributed by atoms with Gasteiger partial charge in [-0.3, -0.25) is 4.68 Å². The maximum Gasteiger partial charge on any atom is 0.131 e. The highest BCUT2D eigenvalue weighted by Crippen LogP contribution is 2.25. The van der Waals surface area contributed by atoms with Crippen LogP contribution in [0.3, 0.4) is 0 Å². The first-order chi connectivity index (χ1) is 9.02. The molecule has 0 fully saturated rings. The Morgan fingerprint density at radius 2 is 2.05 bits per heavy atom. The summed E-state index contributed by atoms with van der Waals surface area (Å²) in [5.74, 6) is 0.867. The van der Waals surface area contributed by atoms with Crippen LogP contribution < -0.4 is 4.74 Å². The molecule has 2 rings (SSSR count). The lowest BCUT2D eigenvalue weighted by molar-refractivity contribution is 0.294. The van der Waals surface area contributed by atoms with E-state index < -0.39 is 0 Å². The molecule has 0 unspecified atom stereocenters. The molecule has 0 saturated heterocycles. The summed E-state index contributed by atoms with van der Waals surface area (Å²) in [5.41, 5.74) is 3.28. The summed E-state index contributed by atoms with van der Waals surface area (Å²) in [6.45, 7) is 4.65. The molecule has 5 heteroatoms. The predicted molar refractivity (Wildman–Crippen MR) is 83.5 cm³/mol. The third kappa shape index (κ3) is 3.20. The maximum absolute atomic E-state index is 5.84. The van der Waals surface area contributed by atoms with Gasteiger partial charge in [0.1, 0.15) is 12.4 Å². The Morgan fingerprint density at radius 3 is 2.63 bits per heavy atom. The summed E-state index contributed by atoms with van der Waals surface area (Å²) in [7, 11) is 1.94. The van der Waals surface area contributed by atoms with Gasteiger partial charge in [-0.25, -0.2) is 0 Å². The molecule has 0 N–H and O–H groups in total. The monoisotopic (exact) mass is 386 g/mol. The van der Waals surface area contributed by atoms with E-state index in [0.29, 0.717) is 6.61 Å². The third-order valence-electron chi connectivity index (χ3n) is 3.01. The zero-order chi connectivity index (χ0) is 14.0. The highest BCUT2D eigenvalue weighted by molar-refractivity contribution is 9.10. The van der Waals surface area contributed by atoms with Gasteiger partial charge in [0, 0.05) is 11.5 Å². The number of hydrogen-bond acceptors (Lipinski definition) is 2. The summed E-state index contributed by atoms with van der Waals surface area (Å²) in [6, 6.07) is 5.98. The van der Waals surface area contributed by atoms with Crippen molar-refractivity contribution < 1.29 is 4.74 Å². The molecule has 0 aliphatic carbocycles. The van der Waals surface area contributed by atoms with Gasteiger partial charge in [0.15, 0.2) is 0 Å². The average Bonchev–Trinajstić information content (AvgIpc) is 2.66. The van der Waals surface area contributed by atoms with Crippen molar-refractivity contribution in [2.75, 3.05) is 0 Å². The van der Waals surface area contributed by atoms with Crippen molar-refractivity contribution in [2.45, 2.75) is 26.9 Å². The number of halogens is 2. The third-order valence-corrected chi connectivity index (χ3v) is 4.81. The number of hydrogen-bond donors (Lipinski definition) is 0. The van der Waals surface area contributed by atoms with Crippen LogP contribution in [-0.4, -0.2) is 9.78 Å². The smallest absolute Gasteiger partial charge is 0.131 e. The van der Waals surface area contributed by atoms with E-state index in [4.69, 9.17) is 4.74 Å². The van der Waals surface area contributed by atoms with Crippen LogP contribution in [0.2, 0.25) is 0 Å². The van der Waals surface area contributed by atoms with E-state index in [2.05, 4.69) is 43.9 Å². The van der Waals surface area contributed by atoms with Gasteiger partial charge in [-0.05, 0) is 53.0 Å². The molecule has 19 heavy (non-hydrogen) atoms. The summed E-state index contributed by atoms with van der Waals surface area (Å²) in [6.07, 6.45) is 0.909. The van der Waals surface area contributed by atoms with Crippen molar-refractivity contribution in [2.24, 2.45) is 7.05 Å². The summed E-state index contributed by atoms with van der Waals surface area (Å²) in [4.78, 5) is 0. The van der Waals surface area contributed by atoms with Gasteiger partial charge < -0.3 is 4.74 Å². The average molecular weight is 388 g/mol. The molecular formula is C14H16Br2N2O. The fourth-order valence-electron chi connectivity index (χ4n) is 1.84. The van der Waals surface area contributed by atoms with E-state index in [1.54, 1.807) is 0 Å². The van der Waals surface area contributed by atoms with E-state index in [-0.39, 0.29) is 0 Å². The molecule has 0 aliphatic heterocycles. The molecule has 0 aliphatic rings. The van der Waals surface area contributed by atoms with Crippen LogP contribution in [0, 0.1) is 6.92 Å². The molecule has 0 saturated carbocycles. The minimum atomic E-state index is 0.505. The van der Waals surface area contributed by atoms with Crippen LogP contribution in [0.5, 0.6) is 5.75 Å². The Labute approximate surface area is 130 Å². The molecule has 1 aromatic heterocycles. The van der Waals surface area contributed by atoms with Crippen LogP contribution in [0.1, 0.15) is 23.9 Å². The highest BCUT2D eigenvalue weighted by atomic mass is 79.9. The van der Waals surface area contributed by atoms with Gasteiger partial charge in [0.25, 0.3) is 0 Å². The Kier molecular flexibility index (Phi) is 4.68. The molecule has 0 spiro atoms. The largest absolute Gasteiger partial charge is 0.487 e. The molecule has 3 nitrogen and oxygen atoms in total. The van der Waals surface area contributed by atoms with E-state index in [9.17, 15) is 0 Å². The number of aromatic nitrogens is 2. The lowest BCUT2D eigenvalue weighted by atomic mass is 10.2. The fraction of sp³-hybridized carbons (Fsp3) is 0.357. The van der Waals surface area contributed by atoms with Crippen molar-refractivity contribution in [3.05, 3.63) is 44.1 Å². The molecule has 0 amide bonds. The van der Waals surface area contributed by atoms with E-state index in [0.717, 1.165) is 38.1 Å². The first kappa shape index (κ1) is 14.6. The van der Waals surface area contributed by atoms with Gasteiger partial charge >= 0.3 is 0 Å². The van der Waals surface area contributed by atoms with Crippen molar-refractivity contribution in [1.82, 2.24) is 9.78 Å². The van der Waals surface area contributed by atoms with E-state index >= 15 is 0 Å². The molecule has 1 heterocycles. The summed E-state index contributed by atoms with van der Waals surface area (Å²) < 4.78 is 9.85. The Bertz CT molecular complexity index is 593. The van der Waals surface area contributed by atoms with Gasteiger partial charge in [-0.2, -0.15) is 5.10 Å². The second-order valence-electron chi connectivity index (χ2n) is 4.38. The van der Waals surface area contributed by atoms with Crippen LogP contribution in [0.15, 0.2) is 27.1 Å². The minimum Gasteiger partial charge on any atom is -0.487 e. The first-order valence-corrected chi connectivity index (χ1v) is 7.70. The maximum atomic E-state index is 5.84. The number of aryl methyl sites for hydroxylation is 3. The lowest BCUT2D eigenvalue weighted by Crippen LogP contribution is -2.03. The quantitative estimate of drug-likeness (QED) is 0.777. The Morgan fingerprint density at radius 1 is 1.32 bits per heavy atom. The van der Waals surface area contributed by atoms with Gasteiger partial charge in [-0.1, -0.05) is 22.9 Å². The predicted octanol–water partition coefficient (Wildman–Crippen LogP) is 4.39. The first-order valence-electron chi connectivity index (χ1n) is 6.12. The van der Waals surface area contributed by atoms with Gasteiger partial charge in [0.05, 0.1) is 15.9 Å². The van der Waals surface area contributed by atoms with Crippen molar-refractivity contribution in [3.63, 3.8) is 0 Å². The summed E-state index contributed by atoms with van der Waals surface area (Å²) in [5, 5.41) is 4.45. The second kappa shape index (κ2) is 6.09. The minimum absolute atomic E-state index is 0.505. The lowest BCUT2D eigenvalue weighted by Gasteiger charge is -2.08. The van der Waals surface area contributed by atoms with Crippen molar-refractivity contribution >= 4 is 31.9 Å². The molecule has 1 aromatic carbocycles. The molecule has 0 radical (unpaired) electrons. The number of ether oxygens (including phenoxy) is 1. The van der Waals surface area contributed by atoms with Gasteiger partial charge in [0.2, 0.25) is 0 Å².